The van der Waals surface area contributed by atoms with Crippen LogP contribution in [0.3, 0.4) is 0 Å². The Labute approximate surface area is 107 Å². The van der Waals surface area contributed by atoms with Crippen LogP contribution >= 0.6 is 0 Å². The van der Waals surface area contributed by atoms with Gasteiger partial charge in [-0.2, -0.15) is 0 Å². The lowest BCUT2D eigenvalue weighted by atomic mass is 10.1. The molecule has 4 heteroatoms. The number of anilines is 1. The van der Waals surface area contributed by atoms with Gasteiger partial charge in [0.1, 0.15) is 0 Å². The molecule has 0 aliphatic heterocycles. The molecule has 0 radical (unpaired) electrons. The van der Waals surface area contributed by atoms with Crippen LogP contribution in [0.2, 0.25) is 0 Å². The third-order valence-electron chi connectivity index (χ3n) is 3.57. The first-order chi connectivity index (χ1) is 8.56. The van der Waals surface area contributed by atoms with Crippen LogP contribution in [0.15, 0.2) is 18.2 Å². The maximum absolute atomic E-state index is 10.9. The topological polar surface area (TPSA) is 69.6 Å². The smallest absolute Gasteiger partial charge is 0.335 e. The molecule has 98 valence electrons. The molecule has 0 heterocycles. The van der Waals surface area contributed by atoms with Gasteiger partial charge in [-0.3, -0.25) is 0 Å². The summed E-state index contributed by atoms with van der Waals surface area (Å²) >= 11 is 0. The van der Waals surface area contributed by atoms with Gasteiger partial charge in [-0.15, -0.1) is 0 Å². The molecule has 1 fully saturated rings. The Hall–Kier alpha value is -1.55. The minimum absolute atomic E-state index is 0.145. The normalized spacial score (nSPS) is 23.0. The summed E-state index contributed by atoms with van der Waals surface area (Å²) in [7, 11) is 0. The third kappa shape index (κ3) is 3.01. The maximum atomic E-state index is 10.9. The Morgan fingerprint density at radius 3 is 2.78 bits per heavy atom. The highest BCUT2D eigenvalue weighted by Crippen LogP contribution is 2.26. The zero-order valence-corrected chi connectivity index (χ0v) is 10.5. The van der Waals surface area contributed by atoms with Crippen molar-refractivity contribution in [3.8, 4) is 0 Å². The average Bonchev–Trinajstić information content (AvgIpc) is 2.72. The molecule has 1 aliphatic carbocycles. The van der Waals surface area contributed by atoms with E-state index < -0.39 is 5.97 Å². The average molecular weight is 249 g/mol. The largest absolute Gasteiger partial charge is 0.478 e. The van der Waals surface area contributed by atoms with Gasteiger partial charge in [0.15, 0.2) is 0 Å². The number of carboxylic acids is 1. The van der Waals surface area contributed by atoms with Crippen LogP contribution in [0.1, 0.15) is 35.2 Å². The Morgan fingerprint density at radius 1 is 1.44 bits per heavy atom. The fourth-order valence-corrected chi connectivity index (χ4v) is 2.51. The number of aliphatic hydroxyl groups is 1. The van der Waals surface area contributed by atoms with Crippen molar-refractivity contribution in [2.75, 3.05) is 11.9 Å². The second-order valence-electron chi connectivity index (χ2n) is 5.05. The molecule has 18 heavy (non-hydrogen) atoms. The van der Waals surface area contributed by atoms with E-state index in [1.165, 1.54) is 0 Å². The quantitative estimate of drug-likeness (QED) is 0.765. The molecular weight excluding hydrogens is 230 g/mol. The van der Waals surface area contributed by atoms with Crippen molar-refractivity contribution in [1.82, 2.24) is 0 Å². The first-order valence-electron chi connectivity index (χ1n) is 6.32. The number of nitrogens with one attached hydrogen (secondary N) is 1. The molecule has 0 amide bonds. The molecule has 0 saturated heterocycles. The summed E-state index contributed by atoms with van der Waals surface area (Å²) in [5, 5.41) is 21.7. The van der Waals surface area contributed by atoms with Gasteiger partial charge >= 0.3 is 5.97 Å². The van der Waals surface area contributed by atoms with Crippen molar-refractivity contribution in [3.05, 3.63) is 29.3 Å². The molecule has 2 unspecified atom stereocenters. The molecule has 1 saturated carbocycles. The van der Waals surface area contributed by atoms with Gasteiger partial charge in [-0.25, -0.2) is 4.79 Å². The van der Waals surface area contributed by atoms with E-state index in [0.29, 0.717) is 11.5 Å². The molecule has 2 rings (SSSR count). The second kappa shape index (κ2) is 5.40. The van der Waals surface area contributed by atoms with Crippen molar-refractivity contribution < 1.29 is 15.0 Å². The molecule has 0 aromatic heterocycles. The van der Waals surface area contributed by atoms with Crippen molar-refractivity contribution >= 4 is 11.7 Å². The Morgan fingerprint density at radius 2 is 2.22 bits per heavy atom. The number of carbonyl (C=O) groups is 1. The standard InChI is InChI=1S/C14H19NO3/c1-9-6-11(3-5-13(9)14(17)18)15-8-10-2-4-12(16)7-10/h3,5-6,10,12,15-16H,2,4,7-8H2,1H3,(H,17,18). The molecule has 0 bridgehead atoms. The Kier molecular flexibility index (Phi) is 3.87. The van der Waals surface area contributed by atoms with E-state index in [2.05, 4.69) is 5.32 Å². The summed E-state index contributed by atoms with van der Waals surface area (Å²) in [6.07, 6.45) is 2.66. The van der Waals surface area contributed by atoms with Gasteiger partial charge < -0.3 is 15.5 Å². The molecule has 3 N–H and O–H groups in total. The van der Waals surface area contributed by atoms with E-state index >= 15 is 0 Å². The fourth-order valence-electron chi connectivity index (χ4n) is 2.51. The van der Waals surface area contributed by atoms with Crippen LogP contribution in [0.4, 0.5) is 5.69 Å². The molecule has 4 nitrogen and oxygen atoms in total. The predicted octanol–water partition coefficient (Wildman–Crippen LogP) is 2.27. The van der Waals surface area contributed by atoms with Crippen LogP contribution in [0.25, 0.3) is 0 Å². The summed E-state index contributed by atoms with van der Waals surface area (Å²) in [6, 6.07) is 5.28. The van der Waals surface area contributed by atoms with E-state index in [1.807, 2.05) is 6.07 Å². The van der Waals surface area contributed by atoms with Gasteiger partial charge in [-0.05, 0) is 55.9 Å². The van der Waals surface area contributed by atoms with Crippen LogP contribution in [-0.2, 0) is 0 Å². The van der Waals surface area contributed by atoms with E-state index in [1.54, 1.807) is 19.1 Å². The number of hydrogen-bond donors (Lipinski definition) is 3. The minimum Gasteiger partial charge on any atom is -0.478 e. The van der Waals surface area contributed by atoms with Crippen molar-refractivity contribution in [2.45, 2.75) is 32.3 Å². The summed E-state index contributed by atoms with van der Waals surface area (Å²) in [5.41, 5.74) is 2.05. The number of carboxylic acid groups (broad SMARTS) is 1. The molecule has 1 aromatic rings. The number of hydrogen-bond acceptors (Lipinski definition) is 3. The summed E-state index contributed by atoms with van der Waals surface area (Å²) < 4.78 is 0. The fraction of sp³-hybridized carbons (Fsp3) is 0.500. The summed E-state index contributed by atoms with van der Waals surface area (Å²) in [6.45, 7) is 2.64. The number of benzene rings is 1. The van der Waals surface area contributed by atoms with Crippen molar-refractivity contribution in [3.63, 3.8) is 0 Å². The first-order valence-corrected chi connectivity index (χ1v) is 6.32. The zero-order chi connectivity index (χ0) is 13.1. The first kappa shape index (κ1) is 12.9. The number of aliphatic hydroxyl groups excluding tert-OH is 1. The highest BCUT2D eigenvalue weighted by Gasteiger charge is 2.22. The van der Waals surface area contributed by atoms with Crippen LogP contribution in [0.5, 0.6) is 0 Å². The molecular formula is C14H19NO3. The predicted molar refractivity (Wildman–Crippen MR) is 70.0 cm³/mol. The Balaban J connectivity index is 1.94. The van der Waals surface area contributed by atoms with Crippen LogP contribution < -0.4 is 5.32 Å². The van der Waals surface area contributed by atoms with Gasteiger partial charge in [0.2, 0.25) is 0 Å². The maximum Gasteiger partial charge on any atom is 0.335 e. The van der Waals surface area contributed by atoms with Crippen LogP contribution in [-0.4, -0.2) is 28.8 Å². The second-order valence-corrected chi connectivity index (χ2v) is 5.05. The van der Waals surface area contributed by atoms with Crippen molar-refractivity contribution in [1.29, 1.82) is 0 Å². The van der Waals surface area contributed by atoms with Crippen LogP contribution in [0, 0.1) is 12.8 Å². The molecule has 2 atom stereocenters. The van der Waals surface area contributed by atoms with Gasteiger partial charge in [-0.1, -0.05) is 0 Å². The zero-order valence-electron chi connectivity index (χ0n) is 10.5. The lowest BCUT2D eigenvalue weighted by Gasteiger charge is -2.13. The molecule has 1 aromatic carbocycles. The lowest BCUT2D eigenvalue weighted by molar-refractivity contribution is 0.0696. The number of aromatic carboxylic acids is 1. The minimum atomic E-state index is -0.891. The highest BCUT2D eigenvalue weighted by molar-refractivity contribution is 5.89. The third-order valence-corrected chi connectivity index (χ3v) is 3.57. The highest BCUT2D eigenvalue weighted by atomic mass is 16.4. The molecule has 1 aliphatic rings. The van der Waals surface area contributed by atoms with Crippen molar-refractivity contribution in [2.24, 2.45) is 5.92 Å². The number of rotatable bonds is 4. The SMILES string of the molecule is Cc1cc(NCC2CCC(O)C2)ccc1C(=O)O. The van der Waals surface area contributed by atoms with E-state index in [0.717, 1.165) is 37.1 Å². The van der Waals surface area contributed by atoms with E-state index in [9.17, 15) is 9.90 Å². The van der Waals surface area contributed by atoms with E-state index in [4.69, 9.17) is 5.11 Å². The summed E-state index contributed by atoms with van der Waals surface area (Å²) in [4.78, 5) is 10.9. The lowest BCUT2D eigenvalue weighted by Crippen LogP contribution is -2.13. The van der Waals surface area contributed by atoms with Gasteiger partial charge in [0, 0.05) is 12.2 Å². The van der Waals surface area contributed by atoms with Gasteiger partial charge in [0.05, 0.1) is 11.7 Å². The van der Waals surface area contributed by atoms with Gasteiger partial charge in [0.25, 0.3) is 0 Å². The summed E-state index contributed by atoms with van der Waals surface area (Å²) in [5.74, 6) is -0.377. The van der Waals surface area contributed by atoms with E-state index in [-0.39, 0.29) is 6.10 Å². The number of aryl methyl sites for hydroxylation is 1. The monoisotopic (exact) mass is 249 g/mol. The molecule has 0 spiro atoms. The Bertz CT molecular complexity index is 445.